The summed E-state index contributed by atoms with van der Waals surface area (Å²) in [5.74, 6) is 0. The highest BCUT2D eigenvalue weighted by atomic mass is 14.9. The van der Waals surface area contributed by atoms with Crippen molar-refractivity contribution in [2.75, 3.05) is 13.1 Å². The van der Waals surface area contributed by atoms with E-state index in [-0.39, 0.29) is 0 Å². The van der Waals surface area contributed by atoms with Crippen LogP contribution in [0.2, 0.25) is 0 Å². The van der Waals surface area contributed by atoms with E-state index in [1.807, 2.05) is 0 Å². The van der Waals surface area contributed by atoms with E-state index in [1.54, 1.807) is 0 Å². The van der Waals surface area contributed by atoms with E-state index in [9.17, 15) is 0 Å². The second-order valence-corrected chi connectivity index (χ2v) is 5.08. The molecule has 0 radical (unpaired) electrons. The molecule has 2 rings (SSSR count). The van der Waals surface area contributed by atoms with Gasteiger partial charge in [-0.3, -0.25) is 0 Å². The molecule has 1 N–H and O–H groups in total. The number of hydrogen-bond acceptors (Lipinski definition) is 1. The van der Waals surface area contributed by atoms with Crippen LogP contribution in [0.3, 0.4) is 0 Å². The largest absolute Gasteiger partial charge is 0.316 e. The van der Waals surface area contributed by atoms with E-state index < -0.39 is 0 Å². The summed E-state index contributed by atoms with van der Waals surface area (Å²) in [5.41, 5.74) is 2.04. The summed E-state index contributed by atoms with van der Waals surface area (Å²) < 4.78 is 0. The van der Waals surface area contributed by atoms with Gasteiger partial charge in [0, 0.05) is 6.54 Å². The molecule has 1 atom stereocenters. The first kappa shape index (κ1) is 10.7. The maximum Gasteiger partial charge on any atom is 0.000564 e. The highest BCUT2D eigenvalue weighted by Crippen LogP contribution is 2.30. The first-order valence-electron chi connectivity index (χ1n) is 6.03. The summed E-state index contributed by atoms with van der Waals surface area (Å²) in [7, 11) is 0. The summed E-state index contributed by atoms with van der Waals surface area (Å²) in [6.45, 7) is 4.83. The normalized spacial score (nSPS) is 25.7. The van der Waals surface area contributed by atoms with E-state index in [2.05, 4.69) is 42.6 Å². The third kappa shape index (κ3) is 3.07. The fraction of sp³-hybridized carbons (Fsp3) is 0.571. The Balaban J connectivity index is 1.75. The van der Waals surface area contributed by atoms with Gasteiger partial charge >= 0.3 is 0 Å². The molecule has 1 heterocycles. The highest BCUT2D eigenvalue weighted by Gasteiger charge is 2.27. The molecule has 1 aliphatic rings. The molecule has 15 heavy (non-hydrogen) atoms. The van der Waals surface area contributed by atoms with Crippen molar-refractivity contribution in [3.63, 3.8) is 0 Å². The fourth-order valence-corrected chi connectivity index (χ4v) is 2.45. The molecule has 0 amide bonds. The lowest BCUT2D eigenvalue weighted by Gasteiger charge is -2.22. The molecule has 1 fully saturated rings. The van der Waals surface area contributed by atoms with Crippen LogP contribution in [0, 0.1) is 5.41 Å². The molecular formula is C14H21N. The summed E-state index contributed by atoms with van der Waals surface area (Å²) in [5, 5.41) is 3.46. The zero-order valence-corrected chi connectivity index (χ0v) is 9.63. The number of benzene rings is 1. The number of hydrogen-bond donors (Lipinski definition) is 1. The Hall–Kier alpha value is -0.820. The second-order valence-electron chi connectivity index (χ2n) is 5.08. The van der Waals surface area contributed by atoms with Crippen molar-refractivity contribution < 1.29 is 0 Å². The maximum atomic E-state index is 3.46. The van der Waals surface area contributed by atoms with Crippen molar-refractivity contribution in [1.29, 1.82) is 0 Å². The summed E-state index contributed by atoms with van der Waals surface area (Å²) in [6, 6.07) is 10.8. The maximum absolute atomic E-state index is 3.46. The van der Waals surface area contributed by atoms with Crippen LogP contribution in [0.15, 0.2) is 30.3 Å². The van der Waals surface area contributed by atoms with Gasteiger partial charge in [0.15, 0.2) is 0 Å². The molecule has 0 saturated carbocycles. The lowest BCUT2D eigenvalue weighted by molar-refractivity contribution is 0.325. The van der Waals surface area contributed by atoms with Crippen LogP contribution < -0.4 is 5.32 Å². The molecular weight excluding hydrogens is 182 g/mol. The third-order valence-electron chi connectivity index (χ3n) is 3.55. The van der Waals surface area contributed by atoms with Crippen molar-refractivity contribution in [2.24, 2.45) is 5.41 Å². The lowest BCUT2D eigenvalue weighted by atomic mass is 9.84. The van der Waals surface area contributed by atoms with Crippen LogP contribution in [0.1, 0.15) is 31.7 Å². The summed E-state index contributed by atoms with van der Waals surface area (Å²) in [4.78, 5) is 0. The highest BCUT2D eigenvalue weighted by molar-refractivity contribution is 5.14. The Morgan fingerprint density at radius 3 is 2.73 bits per heavy atom. The van der Waals surface area contributed by atoms with Crippen molar-refractivity contribution in [3.05, 3.63) is 35.9 Å². The van der Waals surface area contributed by atoms with E-state index in [0.717, 1.165) is 0 Å². The van der Waals surface area contributed by atoms with E-state index in [0.29, 0.717) is 5.41 Å². The van der Waals surface area contributed by atoms with Gasteiger partial charge in [0.2, 0.25) is 0 Å². The minimum atomic E-state index is 0.564. The van der Waals surface area contributed by atoms with Gasteiger partial charge in [-0.15, -0.1) is 0 Å². The lowest BCUT2D eigenvalue weighted by Crippen LogP contribution is -2.20. The van der Waals surface area contributed by atoms with Crippen LogP contribution in [-0.2, 0) is 6.42 Å². The van der Waals surface area contributed by atoms with Crippen molar-refractivity contribution >= 4 is 0 Å². The van der Waals surface area contributed by atoms with Crippen LogP contribution in [0.4, 0.5) is 0 Å². The predicted molar refractivity (Wildman–Crippen MR) is 65.0 cm³/mol. The zero-order valence-electron chi connectivity index (χ0n) is 9.63. The average molecular weight is 203 g/mol. The standard InChI is InChI=1S/C14H21N/c1-14(10-11-15-12-14)9-5-8-13-6-3-2-4-7-13/h2-4,6-7,15H,5,8-12H2,1H3. The molecule has 1 saturated heterocycles. The Morgan fingerprint density at radius 2 is 2.07 bits per heavy atom. The number of nitrogens with one attached hydrogen (secondary N) is 1. The van der Waals surface area contributed by atoms with Gasteiger partial charge in [-0.25, -0.2) is 0 Å². The van der Waals surface area contributed by atoms with Crippen LogP contribution in [-0.4, -0.2) is 13.1 Å². The molecule has 82 valence electrons. The Morgan fingerprint density at radius 1 is 1.27 bits per heavy atom. The first-order chi connectivity index (χ1) is 7.29. The van der Waals surface area contributed by atoms with Gasteiger partial charge in [0.05, 0.1) is 0 Å². The van der Waals surface area contributed by atoms with Crippen LogP contribution >= 0.6 is 0 Å². The van der Waals surface area contributed by atoms with Crippen LogP contribution in [0.25, 0.3) is 0 Å². The van der Waals surface area contributed by atoms with Crippen molar-refractivity contribution in [1.82, 2.24) is 5.32 Å². The Kier molecular flexibility index (Phi) is 3.42. The van der Waals surface area contributed by atoms with Crippen molar-refractivity contribution in [2.45, 2.75) is 32.6 Å². The molecule has 0 spiro atoms. The molecule has 0 aromatic heterocycles. The van der Waals surface area contributed by atoms with Crippen molar-refractivity contribution in [3.8, 4) is 0 Å². The van der Waals surface area contributed by atoms with E-state index in [4.69, 9.17) is 0 Å². The monoisotopic (exact) mass is 203 g/mol. The minimum absolute atomic E-state index is 0.564. The first-order valence-corrected chi connectivity index (χ1v) is 6.03. The zero-order chi connectivity index (χ0) is 10.6. The molecule has 1 aliphatic heterocycles. The van der Waals surface area contributed by atoms with Gasteiger partial charge in [-0.1, -0.05) is 37.3 Å². The smallest absolute Gasteiger partial charge is 0.000564 e. The summed E-state index contributed by atoms with van der Waals surface area (Å²) in [6.07, 6.45) is 5.26. The van der Waals surface area contributed by atoms with E-state index >= 15 is 0 Å². The quantitative estimate of drug-likeness (QED) is 0.793. The Bertz CT molecular complexity index is 285. The Labute approximate surface area is 92.9 Å². The van der Waals surface area contributed by atoms with Gasteiger partial charge in [-0.2, -0.15) is 0 Å². The molecule has 0 aliphatic carbocycles. The SMILES string of the molecule is CC1(CCCc2ccccc2)CCNC1. The third-order valence-corrected chi connectivity index (χ3v) is 3.55. The fourth-order valence-electron chi connectivity index (χ4n) is 2.45. The van der Waals surface area contributed by atoms with Gasteiger partial charge in [0.25, 0.3) is 0 Å². The number of aryl methyl sites for hydroxylation is 1. The van der Waals surface area contributed by atoms with Gasteiger partial charge < -0.3 is 5.32 Å². The predicted octanol–water partition coefficient (Wildman–Crippen LogP) is 3.01. The second kappa shape index (κ2) is 4.80. The molecule has 1 nitrogen and oxygen atoms in total. The summed E-state index contributed by atoms with van der Waals surface area (Å²) >= 11 is 0. The minimum Gasteiger partial charge on any atom is -0.316 e. The topological polar surface area (TPSA) is 12.0 Å². The van der Waals surface area contributed by atoms with Gasteiger partial charge in [0.1, 0.15) is 0 Å². The molecule has 0 bridgehead atoms. The van der Waals surface area contributed by atoms with Gasteiger partial charge in [-0.05, 0) is 43.2 Å². The van der Waals surface area contributed by atoms with Crippen LogP contribution in [0.5, 0.6) is 0 Å². The van der Waals surface area contributed by atoms with E-state index in [1.165, 1.54) is 44.3 Å². The molecule has 1 aromatic carbocycles. The average Bonchev–Trinajstić information content (AvgIpc) is 2.67. The molecule has 1 heteroatoms. The number of rotatable bonds is 4. The molecule has 1 aromatic rings. The molecule has 1 unspecified atom stereocenters.